The molecular weight excluding hydrogens is 350 g/mol. The number of fused-ring (bicyclic) bond motifs is 1. The molecule has 1 aliphatic rings. The number of nitrogens with one attached hydrogen (secondary N) is 2. The fraction of sp³-hybridized carbons (Fsp3) is 0.556. The van der Waals surface area contributed by atoms with Crippen LogP contribution in [0.3, 0.4) is 0 Å². The van der Waals surface area contributed by atoms with Crippen molar-refractivity contribution >= 4 is 28.9 Å². The molecule has 0 aromatic carbocycles. The third kappa shape index (κ3) is 4.12. The molecule has 0 aliphatic carbocycles. The Balaban J connectivity index is 1.67. The first-order valence-corrected chi connectivity index (χ1v) is 8.93. The van der Waals surface area contributed by atoms with Crippen molar-refractivity contribution in [3.05, 3.63) is 18.6 Å². The highest BCUT2D eigenvalue weighted by atomic mass is 16.6. The lowest BCUT2D eigenvalue weighted by atomic mass is 9.78. The number of piperidine rings is 1. The molecule has 0 saturated carbocycles. The predicted molar refractivity (Wildman–Crippen MR) is 99.6 cm³/mol. The average Bonchev–Trinajstić information content (AvgIpc) is 3.07. The van der Waals surface area contributed by atoms with Gasteiger partial charge in [-0.3, -0.25) is 4.79 Å². The minimum absolute atomic E-state index is 0.0361. The first kappa shape index (κ1) is 18.9. The van der Waals surface area contributed by atoms with Crippen molar-refractivity contribution in [1.29, 1.82) is 0 Å². The number of H-pyrrole nitrogens is 1. The molecule has 1 fully saturated rings. The summed E-state index contributed by atoms with van der Waals surface area (Å²) in [6.45, 7) is 6.39. The molecule has 1 amide bonds. The van der Waals surface area contributed by atoms with Gasteiger partial charge in [0.2, 0.25) is 0 Å². The highest BCUT2D eigenvalue weighted by molar-refractivity contribution is 5.87. The van der Waals surface area contributed by atoms with Gasteiger partial charge in [-0.25, -0.2) is 14.8 Å². The highest BCUT2D eigenvalue weighted by Gasteiger charge is 2.42. The number of carboxylic acids is 1. The summed E-state index contributed by atoms with van der Waals surface area (Å²) in [6.07, 6.45) is 3.49. The Morgan fingerprint density at radius 2 is 2.04 bits per heavy atom. The first-order chi connectivity index (χ1) is 12.7. The zero-order chi connectivity index (χ0) is 19.7. The summed E-state index contributed by atoms with van der Waals surface area (Å²) < 4.78 is 5.21. The van der Waals surface area contributed by atoms with Gasteiger partial charge in [0, 0.05) is 25.8 Å². The van der Waals surface area contributed by atoms with E-state index < -0.39 is 23.1 Å². The van der Waals surface area contributed by atoms with E-state index >= 15 is 0 Å². The number of alkyl carbamates (subject to hydrolysis) is 1. The molecule has 3 rings (SSSR count). The van der Waals surface area contributed by atoms with Crippen molar-refractivity contribution in [2.75, 3.05) is 24.5 Å². The van der Waals surface area contributed by atoms with Gasteiger partial charge < -0.3 is 25.0 Å². The van der Waals surface area contributed by atoms with E-state index in [2.05, 4.69) is 25.2 Å². The number of carbonyl (C=O) groups excluding carboxylic acids is 1. The third-order valence-corrected chi connectivity index (χ3v) is 4.78. The van der Waals surface area contributed by atoms with Crippen LogP contribution in [0.2, 0.25) is 0 Å². The van der Waals surface area contributed by atoms with E-state index in [1.165, 1.54) is 6.33 Å². The second kappa shape index (κ2) is 7.05. The van der Waals surface area contributed by atoms with Gasteiger partial charge in [-0.1, -0.05) is 0 Å². The number of aliphatic carboxylic acids is 1. The smallest absolute Gasteiger partial charge is 0.407 e. The summed E-state index contributed by atoms with van der Waals surface area (Å²) in [7, 11) is 0. The summed E-state index contributed by atoms with van der Waals surface area (Å²) >= 11 is 0. The second-order valence-electron chi connectivity index (χ2n) is 7.87. The van der Waals surface area contributed by atoms with Gasteiger partial charge in [0.25, 0.3) is 0 Å². The standard InChI is InChI=1S/C18H25N5O4/c1-17(2,3)27-16(26)20-10-18(15(24)25)5-8-23(9-6-18)14-12-4-7-19-13(12)21-11-22-14/h4,7,11H,5-6,8-10H2,1-3H3,(H,20,26)(H,24,25)(H,19,21,22). The van der Waals surface area contributed by atoms with Crippen molar-refractivity contribution in [2.24, 2.45) is 5.41 Å². The van der Waals surface area contributed by atoms with Gasteiger partial charge >= 0.3 is 12.1 Å². The number of amides is 1. The lowest BCUT2D eigenvalue weighted by Crippen LogP contribution is -2.51. The van der Waals surface area contributed by atoms with Crippen LogP contribution in [0, 0.1) is 5.41 Å². The van der Waals surface area contributed by atoms with E-state index in [1.54, 1.807) is 27.0 Å². The van der Waals surface area contributed by atoms with Gasteiger partial charge in [0.15, 0.2) is 0 Å². The van der Waals surface area contributed by atoms with Crippen molar-refractivity contribution in [1.82, 2.24) is 20.3 Å². The molecule has 0 unspecified atom stereocenters. The topological polar surface area (TPSA) is 120 Å². The van der Waals surface area contributed by atoms with Crippen LogP contribution in [0.15, 0.2) is 18.6 Å². The lowest BCUT2D eigenvalue weighted by Gasteiger charge is -2.39. The predicted octanol–water partition coefficient (Wildman–Crippen LogP) is 2.15. The number of hydrogen-bond acceptors (Lipinski definition) is 6. The minimum atomic E-state index is -1.02. The number of anilines is 1. The molecule has 3 heterocycles. The van der Waals surface area contributed by atoms with Gasteiger partial charge in [-0.05, 0) is 39.7 Å². The number of rotatable bonds is 4. The Morgan fingerprint density at radius 1 is 1.33 bits per heavy atom. The van der Waals surface area contributed by atoms with E-state index in [1.807, 2.05) is 6.07 Å². The van der Waals surface area contributed by atoms with Crippen molar-refractivity contribution in [2.45, 2.75) is 39.2 Å². The number of hydrogen-bond donors (Lipinski definition) is 3. The zero-order valence-electron chi connectivity index (χ0n) is 15.8. The number of nitrogens with zero attached hydrogens (tertiary/aromatic N) is 3. The van der Waals surface area contributed by atoms with Gasteiger partial charge in [0.05, 0.1) is 10.8 Å². The SMILES string of the molecule is CC(C)(C)OC(=O)NCC1(C(=O)O)CCN(c2ncnc3[nH]ccc23)CC1. The largest absolute Gasteiger partial charge is 0.481 e. The maximum absolute atomic E-state index is 11.9. The summed E-state index contributed by atoms with van der Waals surface area (Å²) in [6, 6.07) is 1.91. The van der Waals surface area contributed by atoms with Crippen LogP contribution >= 0.6 is 0 Å². The molecule has 146 valence electrons. The maximum atomic E-state index is 11.9. The normalized spacial score (nSPS) is 16.9. The molecule has 0 spiro atoms. The molecule has 1 saturated heterocycles. The number of carbonyl (C=O) groups is 2. The van der Waals surface area contributed by atoms with Crippen LogP contribution in [-0.2, 0) is 9.53 Å². The number of aromatic amines is 1. The van der Waals surface area contributed by atoms with Gasteiger partial charge in [-0.2, -0.15) is 0 Å². The van der Waals surface area contributed by atoms with Crippen molar-refractivity contribution < 1.29 is 19.4 Å². The Hall–Kier alpha value is -2.84. The Labute approximate surface area is 157 Å². The second-order valence-corrected chi connectivity index (χ2v) is 7.87. The molecule has 1 aliphatic heterocycles. The molecule has 2 aromatic heterocycles. The minimum Gasteiger partial charge on any atom is -0.481 e. The van der Waals surface area contributed by atoms with Gasteiger partial charge in [0.1, 0.15) is 23.4 Å². The molecule has 2 aromatic rings. The lowest BCUT2D eigenvalue weighted by molar-refractivity contribution is -0.150. The highest BCUT2D eigenvalue weighted by Crippen LogP contribution is 2.34. The number of aromatic nitrogens is 3. The van der Waals surface area contributed by atoms with E-state index in [4.69, 9.17) is 4.74 Å². The first-order valence-electron chi connectivity index (χ1n) is 8.93. The van der Waals surface area contributed by atoms with Crippen LogP contribution in [0.25, 0.3) is 11.0 Å². The molecule has 0 radical (unpaired) electrons. The molecule has 9 heteroatoms. The number of ether oxygens (including phenoxy) is 1. The van der Waals surface area contributed by atoms with Crippen molar-refractivity contribution in [3.63, 3.8) is 0 Å². The number of carboxylic acid groups (broad SMARTS) is 1. The van der Waals surface area contributed by atoms with Crippen LogP contribution < -0.4 is 10.2 Å². The van der Waals surface area contributed by atoms with E-state index in [0.29, 0.717) is 25.9 Å². The van der Waals surface area contributed by atoms with Crippen LogP contribution in [0.5, 0.6) is 0 Å². The monoisotopic (exact) mass is 375 g/mol. The Morgan fingerprint density at radius 3 is 2.67 bits per heavy atom. The molecule has 9 nitrogen and oxygen atoms in total. The molecular formula is C18H25N5O4. The van der Waals surface area contributed by atoms with E-state index in [0.717, 1.165) is 16.9 Å². The van der Waals surface area contributed by atoms with Crippen LogP contribution in [0.4, 0.5) is 10.6 Å². The van der Waals surface area contributed by atoms with Crippen LogP contribution in [0.1, 0.15) is 33.6 Å². The Bertz CT molecular complexity index is 834. The summed E-state index contributed by atoms with van der Waals surface area (Å²) in [4.78, 5) is 37.5. The van der Waals surface area contributed by atoms with Crippen LogP contribution in [-0.4, -0.2) is 57.4 Å². The maximum Gasteiger partial charge on any atom is 0.407 e. The zero-order valence-corrected chi connectivity index (χ0v) is 15.8. The Kier molecular flexibility index (Phi) is 4.95. The fourth-order valence-electron chi connectivity index (χ4n) is 3.28. The quantitative estimate of drug-likeness (QED) is 0.749. The summed E-state index contributed by atoms with van der Waals surface area (Å²) in [5.41, 5.74) is -0.891. The van der Waals surface area contributed by atoms with E-state index in [-0.39, 0.29) is 6.54 Å². The molecule has 0 bridgehead atoms. The summed E-state index contributed by atoms with van der Waals surface area (Å²) in [5, 5.41) is 13.3. The molecule has 3 N–H and O–H groups in total. The molecule has 27 heavy (non-hydrogen) atoms. The van der Waals surface area contributed by atoms with E-state index in [9.17, 15) is 14.7 Å². The summed E-state index contributed by atoms with van der Waals surface area (Å²) in [5.74, 6) is -0.118. The van der Waals surface area contributed by atoms with Gasteiger partial charge in [-0.15, -0.1) is 0 Å². The van der Waals surface area contributed by atoms with Crippen molar-refractivity contribution in [3.8, 4) is 0 Å². The third-order valence-electron chi connectivity index (χ3n) is 4.78. The molecule has 0 atom stereocenters. The fourth-order valence-corrected chi connectivity index (χ4v) is 3.28. The average molecular weight is 375 g/mol.